The number of ether oxygens (including phenoxy) is 1. The van der Waals surface area contributed by atoms with Gasteiger partial charge < -0.3 is 16.2 Å². The molecule has 0 aliphatic heterocycles. The third-order valence-corrected chi connectivity index (χ3v) is 3.52. The summed E-state index contributed by atoms with van der Waals surface area (Å²) in [6.07, 6.45) is 0.637. The number of nitrogens with two attached hydrogens (primary N) is 2. The molecule has 0 bridgehead atoms. The normalized spacial score (nSPS) is 10.4. The molecule has 0 aliphatic rings. The molecule has 7 heteroatoms. The van der Waals surface area contributed by atoms with Crippen LogP contribution in [0.25, 0.3) is 0 Å². The molecule has 3 aromatic rings. The molecule has 4 N–H and O–H groups in total. The van der Waals surface area contributed by atoms with Crippen LogP contribution in [-0.2, 0) is 17.8 Å². The number of hydrogen-bond donors (Lipinski definition) is 2. The number of esters is 1. The molecule has 0 aliphatic carbocycles. The maximum Gasteiger partial charge on any atom is 0.338 e. The second-order valence-electron chi connectivity index (χ2n) is 5.36. The Labute approximate surface area is 144 Å². The fourth-order valence-electron chi connectivity index (χ4n) is 2.42. The minimum absolute atomic E-state index is 0.0111. The highest BCUT2D eigenvalue weighted by molar-refractivity contribution is 5.91. The van der Waals surface area contributed by atoms with Crippen molar-refractivity contribution in [3.63, 3.8) is 0 Å². The lowest BCUT2D eigenvalue weighted by molar-refractivity contribution is 0.0461. The summed E-state index contributed by atoms with van der Waals surface area (Å²) < 4.78 is 5.30. The molecule has 3 rings (SSSR count). The highest BCUT2D eigenvalue weighted by Gasteiger charge is 2.14. The molecule has 0 saturated carbocycles. The second-order valence-corrected chi connectivity index (χ2v) is 5.36. The Kier molecular flexibility index (Phi) is 4.84. The molecule has 0 fully saturated rings. The van der Waals surface area contributed by atoms with Crippen molar-refractivity contribution in [2.75, 3.05) is 11.5 Å². The average molecular weight is 335 g/mol. The van der Waals surface area contributed by atoms with Crippen LogP contribution in [0, 0.1) is 0 Å². The van der Waals surface area contributed by atoms with Crippen LogP contribution < -0.4 is 11.5 Å². The van der Waals surface area contributed by atoms with Crippen molar-refractivity contribution in [2.24, 2.45) is 0 Å². The zero-order valence-electron chi connectivity index (χ0n) is 13.4. The van der Waals surface area contributed by atoms with Crippen molar-refractivity contribution >= 4 is 17.9 Å². The minimum Gasteiger partial charge on any atom is -0.454 e. The van der Waals surface area contributed by atoms with Gasteiger partial charge >= 0.3 is 5.97 Å². The molecule has 1 heterocycles. The predicted molar refractivity (Wildman–Crippen MR) is 93.5 cm³/mol. The molecular weight excluding hydrogens is 318 g/mol. The van der Waals surface area contributed by atoms with Gasteiger partial charge in [-0.3, -0.25) is 0 Å². The second kappa shape index (κ2) is 7.39. The standard InChI is InChI=1S/C18H17N5O2/c19-17-21-15(22-18(20)23-17)11-25-16(24)14-9-5-4-8-13(14)10-12-6-2-1-3-7-12/h1-9H,10-11H2,(H4,19,20,21,22,23). The lowest BCUT2D eigenvalue weighted by atomic mass is 10.00. The average Bonchev–Trinajstić information content (AvgIpc) is 2.60. The van der Waals surface area contributed by atoms with Crippen molar-refractivity contribution in [2.45, 2.75) is 13.0 Å². The van der Waals surface area contributed by atoms with Gasteiger partial charge in [0.1, 0.15) is 0 Å². The molecule has 7 nitrogen and oxygen atoms in total. The third-order valence-electron chi connectivity index (χ3n) is 3.52. The Bertz CT molecular complexity index is 863. The Morgan fingerprint density at radius 2 is 1.52 bits per heavy atom. The predicted octanol–water partition coefficient (Wildman–Crippen LogP) is 1.98. The van der Waals surface area contributed by atoms with E-state index in [0.717, 1.165) is 11.1 Å². The van der Waals surface area contributed by atoms with E-state index in [0.29, 0.717) is 12.0 Å². The van der Waals surface area contributed by atoms with Gasteiger partial charge in [0.05, 0.1) is 5.56 Å². The maximum atomic E-state index is 12.4. The van der Waals surface area contributed by atoms with Crippen molar-refractivity contribution < 1.29 is 9.53 Å². The Morgan fingerprint density at radius 1 is 0.880 bits per heavy atom. The third kappa shape index (κ3) is 4.29. The number of anilines is 2. The largest absolute Gasteiger partial charge is 0.454 e. The first-order chi connectivity index (χ1) is 12.1. The number of carbonyl (C=O) groups is 1. The number of carbonyl (C=O) groups excluding carboxylic acids is 1. The van der Waals surface area contributed by atoms with Gasteiger partial charge in [0.15, 0.2) is 12.4 Å². The Morgan fingerprint density at radius 3 is 2.24 bits per heavy atom. The van der Waals surface area contributed by atoms with Crippen LogP contribution in [0.3, 0.4) is 0 Å². The number of nitrogens with zero attached hydrogens (tertiary/aromatic N) is 3. The summed E-state index contributed by atoms with van der Waals surface area (Å²) in [5.41, 5.74) is 13.5. The van der Waals surface area contributed by atoms with Crippen molar-refractivity contribution in [1.82, 2.24) is 15.0 Å². The van der Waals surface area contributed by atoms with Crippen LogP contribution in [0.15, 0.2) is 54.6 Å². The maximum absolute atomic E-state index is 12.4. The number of benzene rings is 2. The summed E-state index contributed by atoms with van der Waals surface area (Å²) in [5, 5.41) is 0. The molecule has 0 unspecified atom stereocenters. The zero-order valence-corrected chi connectivity index (χ0v) is 13.4. The molecule has 0 spiro atoms. The van der Waals surface area contributed by atoms with Crippen molar-refractivity contribution in [3.05, 3.63) is 77.1 Å². The fourth-order valence-corrected chi connectivity index (χ4v) is 2.42. The summed E-state index contributed by atoms with van der Waals surface area (Å²) in [4.78, 5) is 23.9. The fraction of sp³-hybridized carbons (Fsp3) is 0.111. The van der Waals surface area contributed by atoms with Gasteiger partial charge in [-0.1, -0.05) is 48.5 Å². The van der Waals surface area contributed by atoms with Crippen LogP contribution in [0.1, 0.15) is 27.3 Å². The lowest BCUT2D eigenvalue weighted by Crippen LogP contribution is -2.12. The SMILES string of the molecule is Nc1nc(N)nc(COC(=O)c2ccccc2Cc2ccccc2)n1. The van der Waals surface area contributed by atoms with E-state index in [-0.39, 0.29) is 24.3 Å². The molecule has 0 amide bonds. The monoisotopic (exact) mass is 335 g/mol. The highest BCUT2D eigenvalue weighted by Crippen LogP contribution is 2.16. The van der Waals surface area contributed by atoms with E-state index in [9.17, 15) is 4.79 Å². The van der Waals surface area contributed by atoms with Crippen LogP contribution in [0.2, 0.25) is 0 Å². The molecule has 126 valence electrons. The number of hydrogen-bond acceptors (Lipinski definition) is 7. The highest BCUT2D eigenvalue weighted by atomic mass is 16.5. The molecule has 2 aromatic carbocycles. The quantitative estimate of drug-likeness (QED) is 0.685. The summed E-state index contributed by atoms with van der Waals surface area (Å²) in [6.45, 7) is -0.130. The van der Waals surface area contributed by atoms with Crippen molar-refractivity contribution in [1.29, 1.82) is 0 Å². The molecule has 0 radical (unpaired) electrons. The van der Waals surface area contributed by atoms with E-state index < -0.39 is 5.97 Å². The van der Waals surface area contributed by atoms with E-state index in [1.165, 1.54) is 0 Å². The van der Waals surface area contributed by atoms with Gasteiger partial charge in [-0.25, -0.2) is 4.79 Å². The van der Waals surface area contributed by atoms with Gasteiger partial charge in [0.25, 0.3) is 0 Å². The summed E-state index contributed by atoms with van der Waals surface area (Å²) in [6, 6.07) is 17.2. The van der Waals surface area contributed by atoms with Crippen LogP contribution >= 0.6 is 0 Å². The molecule has 1 aromatic heterocycles. The molecule has 0 saturated heterocycles. The van der Waals surface area contributed by atoms with Crippen LogP contribution in [-0.4, -0.2) is 20.9 Å². The first-order valence-corrected chi connectivity index (χ1v) is 7.66. The van der Waals surface area contributed by atoms with Gasteiger partial charge in [-0.2, -0.15) is 15.0 Å². The van der Waals surface area contributed by atoms with E-state index in [4.69, 9.17) is 16.2 Å². The summed E-state index contributed by atoms with van der Waals surface area (Å²) in [7, 11) is 0. The van der Waals surface area contributed by atoms with Gasteiger partial charge in [0, 0.05) is 0 Å². The summed E-state index contributed by atoms with van der Waals surface area (Å²) in [5.74, 6) is -0.269. The van der Waals surface area contributed by atoms with Gasteiger partial charge in [0.2, 0.25) is 11.9 Å². The molecular formula is C18H17N5O2. The lowest BCUT2D eigenvalue weighted by Gasteiger charge is -2.10. The van der Waals surface area contributed by atoms with Crippen molar-refractivity contribution in [3.8, 4) is 0 Å². The van der Waals surface area contributed by atoms with E-state index in [2.05, 4.69) is 15.0 Å². The number of nitrogen functional groups attached to an aromatic ring is 2. The summed E-state index contributed by atoms with van der Waals surface area (Å²) >= 11 is 0. The molecule has 0 atom stereocenters. The van der Waals surface area contributed by atoms with Crippen LogP contribution in [0.4, 0.5) is 11.9 Å². The van der Waals surface area contributed by atoms with Gasteiger partial charge in [-0.15, -0.1) is 0 Å². The minimum atomic E-state index is -0.455. The first kappa shape index (κ1) is 16.4. The number of rotatable bonds is 5. The topological polar surface area (TPSA) is 117 Å². The van der Waals surface area contributed by atoms with E-state index in [1.807, 2.05) is 42.5 Å². The zero-order chi connectivity index (χ0) is 17.6. The van der Waals surface area contributed by atoms with Crippen LogP contribution in [0.5, 0.6) is 0 Å². The number of aromatic nitrogens is 3. The van der Waals surface area contributed by atoms with E-state index >= 15 is 0 Å². The first-order valence-electron chi connectivity index (χ1n) is 7.66. The smallest absolute Gasteiger partial charge is 0.338 e. The van der Waals surface area contributed by atoms with Gasteiger partial charge in [-0.05, 0) is 23.6 Å². The van der Waals surface area contributed by atoms with E-state index in [1.54, 1.807) is 12.1 Å². The molecule has 25 heavy (non-hydrogen) atoms. The Hall–Kier alpha value is -3.48. The Balaban J connectivity index is 1.74.